The van der Waals surface area contributed by atoms with Gasteiger partial charge in [-0.25, -0.2) is 0 Å². The molecule has 1 unspecified atom stereocenters. The zero-order valence-electron chi connectivity index (χ0n) is 14.6. The minimum absolute atomic E-state index is 0.0478. The monoisotopic (exact) mass is 356 g/mol. The van der Waals surface area contributed by atoms with E-state index in [9.17, 15) is 9.59 Å². The van der Waals surface area contributed by atoms with Gasteiger partial charge in [0, 0.05) is 18.8 Å². The van der Waals surface area contributed by atoms with Crippen LogP contribution >= 0.6 is 0 Å². The van der Waals surface area contributed by atoms with E-state index in [1.165, 1.54) is 7.11 Å². The Balaban J connectivity index is 1.60. The molecule has 0 bridgehead atoms. The van der Waals surface area contributed by atoms with Crippen LogP contribution < -0.4 is 20.8 Å². The summed E-state index contributed by atoms with van der Waals surface area (Å²) in [6, 6.07) is 1.22. The molecule has 0 saturated heterocycles. The molecule has 1 amide bonds. The normalized spacial score (nSPS) is 17.9. The molecule has 26 heavy (non-hydrogen) atoms. The van der Waals surface area contributed by atoms with Crippen LogP contribution in [-0.2, 0) is 4.74 Å². The average molecular weight is 356 g/mol. The molecule has 1 aromatic heterocycles. The second-order valence-corrected chi connectivity index (χ2v) is 5.75. The largest absolute Gasteiger partial charge is 0.497 e. The van der Waals surface area contributed by atoms with Gasteiger partial charge in [-0.1, -0.05) is 12.2 Å². The summed E-state index contributed by atoms with van der Waals surface area (Å²) in [7, 11) is 3.00. The topological polar surface area (TPSA) is 89.8 Å². The molecule has 3 rings (SSSR count). The second-order valence-electron chi connectivity index (χ2n) is 5.75. The molecular formula is C19H20N2O5. The molecule has 1 aliphatic heterocycles. The molecule has 136 valence electrons. The number of amides is 1. The molecule has 0 radical (unpaired) electrons. The Morgan fingerprint density at radius 3 is 2.92 bits per heavy atom. The first-order valence-electron chi connectivity index (χ1n) is 8.17. The maximum absolute atomic E-state index is 12.1. The van der Waals surface area contributed by atoms with E-state index in [1.807, 2.05) is 30.5 Å². The van der Waals surface area contributed by atoms with E-state index in [2.05, 4.69) is 10.6 Å². The lowest BCUT2D eigenvalue weighted by atomic mass is 10.00. The molecule has 2 aliphatic rings. The predicted octanol–water partition coefficient (Wildman–Crippen LogP) is 1.65. The lowest BCUT2D eigenvalue weighted by Crippen LogP contribution is -2.26. The second kappa shape index (κ2) is 7.77. The fourth-order valence-corrected chi connectivity index (χ4v) is 2.78. The average Bonchev–Trinajstić information content (AvgIpc) is 2.89. The van der Waals surface area contributed by atoms with Crippen LogP contribution in [0, 0.1) is 0 Å². The minimum atomic E-state index is -0.444. The fraction of sp³-hybridized carbons (Fsp3) is 0.263. The standard InChI is InChI=1S/C19H20N2O5/c1-24-13-4-3-5-15-14(8-13)12(10-21-15)6-7-20-19(23)17-9-16(22)18(25-2)11-26-17/h3-5,8-11,15,21H,6-7H2,1-2H3,(H,20,23). The van der Waals surface area contributed by atoms with Gasteiger partial charge in [-0.3, -0.25) is 9.59 Å². The molecule has 1 aromatic rings. The third-order valence-corrected chi connectivity index (χ3v) is 4.16. The summed E-state index contributed by atoms with van der Waals surface area (Å²) < 4.78 is 15.3. The number of ether oxygens (including phenoxy) is 2. The molecular weight excluding hydrogens is 336 g/mol. The summed E-state index contributed by atoms with van der Waals surface area (Å²) in [5.41, 5.74) is 1.79. The van der Waals surface area contributed by atoms with E-state index in [0.29, 0.717) is 13.0 Å². The first-order valence-corrected chi connectivity index (χ1v) is 8.17. The van der Waals surface area contributed by atoms with Crippen LogP contribution in [0.25, 0.3) is 0 Å². The number of allylic oxidation sites excluding steroid dienone is 3. The Morgan fingerprint density at radius 2 is 2.19 bits per heavy atom. The van der Waals surface area contributed by atoms with Crippen molar-refractivity contribution in [2.24, 2.45) is 0 Å². The maximum atomic E-state index is 12.1. The molecule has 0 saturated carbocycles. The molecule has 0 spiro atoms. The summed E-state index contributed by atoms with van der Waals surface area (Å²) in [6.07, 6.45) is 11.6. The van der Waals surface area contributed by atoms with Gasteiger partial charge in [-0.2, -0.15) is 0 Å². The lowest BCUT2D eigenvalue weighted by Gasteiger charge is -2.11. The van der Waals surface area contributed by atoms with Crippen molar-refractivity contribution in [1.29, 1.82) is 0 Å². The Morgan fingerprint density at radius 1 is 1.35 bits per heavy atom. The first kappa shape index (κ1) is 17.6. The van der Waals surface area contributed by atoms with Gasteiger partial charge in [-0.05, 0) is 29.7 Å². The highest BCUT2D eigenvalue weighted by Crippen LogP contribution is 2.27. The van der Waals surface area contributed by atoms with Crippen molar-refractivity contribution in [3.05, 3.63) is 75.7 Å². The van der Waals surface area contributed by atoms with Gasteiger partial charge in [-0.15, -0.1) is 0 Å². The molecule has 1 atom stereocenters. The van der Waals surface area contributed by atoms with Crippen LogP contribution in [0.2, 0.25) is 0 Å². The van der Waals surface area contributed by atoms with Crippen molar-refractivity contribution >= 4 is 5.91 Å². The predicted molar refractivity (Wildman–Crippen MR) is 95.8 cm³/mol. The van der Waals surface area contributed by atoms with Gasteiger partial charge < -0.3 is 24.5 Å². The molecule has 0 aromatic carbocycles. The molecule has 2 heterocycles. The Bertz CT molecular complexity index is 876. The van der Waals surface area contributed by atoms with Gasteiger partial charge in [0.25, 0.3) is 5.91 Å². The van der Waals surface area contributed by atoms with Crippen molar-refractivity contribution < 1.29 is 18.7 Å². The molecule has 0 fully saturated rings. The van der Waals surface area contributed by atoms with E-state index >= 15 is 0 Å². The van der Waals surface area contributed by atoms with E-state index in [-0.39, 0.29) is 17.6 Å². The van der Waals surface area contributed by atoms with Crippen LogP contribution in [0.15, 0.2) is 69.0 Å². The molecule has 2 N–H and O–H groups in total. The van der Waals surface area contributed by atoms with E-state index < -0.39 is 11.3 Å². The molecule has 1 aliphatic carbocycles. The Hall–Kier alpha value is -3.22. The van der Waals surface area contributed by atoms with E-state index in [4.69, 9.17) is 13.9 Å². The fourth-order valence-electron chi connectivity index (χ4n) is 2.78. The van der Waals surface area contributed by atoms with Crippen molar-refractivity contribution in [3.8, 4) is 5.75 Å². The number of nitrogens with one attached hydrogen (secondary N) is 2. The van der Waals surface area contributed by atoms with E-state index in [1.54, 1.807) is 7.11 Å². The van der Waals surface area contributed by atoms with Crippen LogP contribution in [-0.4, -0.2) is 32.7 Å². The van der Waals surface area contributed by atoms with Gasteiger partial charge in [0.1, 0.15) is 12.0 Å². The van der Waals surface area contributed by atoms with E-state index in [0.717, 1.165) is 29.2 Å². The van der Waals surface area contributed by atoms with Crippen LogP contribution in [0.4, 0.5) is 0 Å². The van der Waals surface area contributed by atoms with Crippen molar-refractivity contribution in [2.75, 3.05) is 20.8 Å². The van der Waals surface area contributed by atoms with Crippen LogP contribution in [0.1, 0.15) is 17.0 Å². The summed E-state index contributed by atoms with van der Waals surface area (Å²) in [5.74, 6) is 0.344. The summed E-state index contributed by atoms with van der Waals surface area (Å²) in [4.78, 5) is 23.8. The smallest absolute Gasteiger partial charge is 0.287 e. The highest BCUT2D eigenvalue weighted by Gasteiger charge is 2.22. The number of hydrogen-bond acceptors (Lipinski definition) is 6. The highest BCUT2D eigenvalue weighted by molar-refractivity contribution is 5.91. The number of fused-ring (bicyclic) bond motifs is 1. The quantitative estimate of drug-likeness (QED) is 0.806. The van der Waals surface area contributed by atoms with Crippen molar-refractivity contribution in [1.82, 2.24) is 10.6 Å². The number of hydrogen-bond donors (Lipinski definition) is 2. The highest BCUT2D eigenvalue weighted by atomic mass is 16.5. The van der Waals surface area contributed by atoms with Gasteiger partial charge in [0.05, 0.1) is 20.3 Å². The zero-order chi connectivity index (χ0) is 18.5. The first-order chi connectivity index (χ1) is 12.6. The summed E-state index contributed by atoms with van der Waals surface area (Å²) >= 11 is 0. The molecule has 7 heteroatoms. The SMILES string of the molecule is COC1=CC=CC2NC=C(CCNC(=O)c3cc(=O)c(OC)co3)C2=C1. The Labute approximate surface area is 150 Å². The third kappa shape index (κ3) is 3.72. The summed E-state index contributed by atoms with van der Waals surface area (Å²) in [5, 5.41) is 6.05. The summed E-state index contributed by atoms with van der Waals surface area (Å²) in [6.45, 7) is 0.405. The number of rotatable bonds is 6. The van der Waals surface area contributed by atoms with Crippen molar-refractivity contribution in [3.63, 3.8) is 0 Å². The van der Waals surface area contributed by atoms with Gasteiger partial charge in [0.2, 0.25) is 11.2 Å². The lowest BCUT2D eigenvalue weighted by molar-refractivity contribution is 0.0923. The van der Waals surface area contributed by atoms with Gasteiger partial charge in [0.15, 0.2) is 5.76 Å². The third-order valence-electron chi connectivity index (χ3n) is 4.16. The number of carbonyl (C=O) groups excluding carboxylic acids is 1. The maximum Gasteiger partial charge on any atom is 0.287 e. The number of carbonyl (C=O) groups is 1. The van der Waals surface area contributed by atoms with Crippen LogP contribution in [0.5, 0.6) is 5.75 Å². The minimum Gasteiger partial charge on any atom is -0.497 e. The molecule has 7 nitrogen and oxygen atoms in total. The van der Waals surface area contributed by atoms with Crippen LogP contribution in [0.3, 0.4) is 0 Å². The Kier molecular flexibility index (Phi) is 5.26. The number of methoxy groups -OCH3 is 2. The zero-order valence-corrected chi connectivity index (χ0v) is 14.6. The van der Waals surface area contributed by atoms with Gasteiger partial charge >= 0.3 is 0 Å². The van der Waals surface area contributed by atoms with Crippen molar-refractivity contribution in [2.45, 2.75) is 12.5 Å².